The molecular formula is C13H14ClN3O2. The van der Waals surface area contributed by atoms with Gasteiger partial charge in [0.1, 0.15) is 0 Å². The molecule has 6 heteroatoms. The van der Waals surface area contributed by atoms with Gasteiger partial charge in [-0.3, -0.25) is 4.79 Å². The summed E-state index contributed by atoms with van der Waals surface area (Å²) < 4.78 is 5.07. The lowest BCUT2D eigenvalue weighted by Gasteiger charge is -2.03. The van der Waals surface area contributed by atoms with Crippen LogP contribution in [0, 0.1) is 5.92 Å². The van der Waals surface area contributed by atoms with Gasteiger partial charge in [-0.1, -0.05) is 42.7 Å². The Morgan fingerprint density at radius 2 is 2.26 bits per heavy atom. The molecule has 0 aliphatic carbocycles. The quantitative estimate of drug-likeness (QED) is 0.934. The molecule has 1 aromatic heterocycles. The van der Waals surface area contributed by atoms with Gasteiger partial charge in [-0.25, -0.2) is 0 Å². The summed E-state index contributed by atoms with van der Waals surface area (Å²) in [7, 11) is 0. The molecule has 1 aromatic carbocycles. The Balaban J connectivity index is 2.05. The summed E-state index contributed by atoms with van der Waals surface area (Å²) in [5.41, 5.74) is 0.776. The van der Waals surface area contributed by atoms with E-state index in [-0.39, 0.29) is 18.4 Å². The largest absolute Gasteiger partial charge is 0.347 e. The molecule has 0 radical (unpaired) electrons. The van der Waals surface area contributed by atoms with Crippen LogP contribution in [0.3, 0.4) is 0 Å². The third-order valence-electron chi connectivity index (χ3n) is 2.49. The van der Waals surface area contributed by atoms with E-state index in [9.17, 15) is 4.79 Å². The number of nitrogens with one attached hydrogen (secondary N) is 1. The molecule has 0 spiro atoms. The molecule has 0 saturated heterocycles. The van der Waals surface area contributed by atoms with E-state index in [1.54, 1.807) is 12.1 Å². The second kappa shape index (κ2) is 5.84. The van der Waals surface area contributed by atoms with E-state index < -0.39 is 0 Å². The number of benzene rings is 1. The second-order valence-corrected chi connectivity index (χ2v) is 4.83. The Morgan fingerprint density at radius 1 is 1.47 bits per heavy atom. The Kier molecular flexibility index (Phi) is 4.16. The number of hydrogen-bond acceptors (Lipinski definition) is 4. The van der Waals surface area contributed by atoms with Gasteiger partial charge in [-0.2, -0.15) is 4.98 Å². The van der Waals surface area contributed by atoms with Crippen LogP contribution in [0.1, 0.15) is 19.7 Å². The zero-order valence-corrected chi connectivity index (χ0v) is 11.4. The van der Waals surface area contributed by atoms with Crippen LogP contribution in [0.15, 0.2) is 28.8 Å². The zero-order valence-electron chi connectivity index (χ0n) is 10.7. The number of amides is 1. The van der Waals surface area contributed by atoms with Crippen LogP contribution in [0.2, 0.25) is 5.02 Å². The topological polar surface area (TPSA) is 68.0 Å². The van der Waals surface area contributed by atoms with Gasteiger partial charge in [0.15, 0.2) is 0 Å². The summed E-state index contributed by atoms with van der Waals surface area (Å²) in [4.78, 5) is 15.6. The Morgan fingerprint density at radius 3 is 2.95 bits per heavy atom. The minimum Gasteiger partial charge on any atom is -0.347 e. The average molecular weight is 280 g/mol. The van der Waals surface area contributed by atoms with Crippen LogP contribution in [0.5, 0.6) is 0 Å². The molecule has 0 bridgehead atoms. The van der Waals surface area contributed by atoms with Gasteiger partial charge in [0.05, 0.1) is 6.54 Å². The first-order valence-electron chi connectivity index (χ1n) is 5.92. The molecule has 0 fully saturated rings. The molecule has 5 nitrogen and oxygen atoms in total. The van der Waals surface area contributed by atoms with Gasteiger partial charge in [0, 0.05) is 16.5 Å². The van der Waals surface area contributed by atoms with Crippen LogP contribution in [-0.4, -0.2) is 16.0 Å². The van der Waals surface area contributed by atoms with Crippen molar-refractivity contribution in [3.05, 3.63) is 35.2 Å². The summed E-state index contributed by atoms with van der Waals surface area (Å²) in [6, 6.07) is 7.18. The lowest BCUT2D eigenvalue weighted by molar-refractivity contribution is -0.124. The normalized spacial score (nSPS) is 10.7. The smallest absolute Gasteiger partial charge is 0.246 e. The minimum atomic E-state index is -0.0738. The zero-order chi connectivity index (χ0) is 13.8. The van der Waals surface area contributed by atoms with Gasteiger partial charge in [0.25, 0.3) is 0 Å². The first-order valence-corrected chi connectivity index (χ1v) is 6.30. The molecule has 0 unspecified atom stereocenters. The summed E-state index contributed by atoms with van der Waals surface area (Å²) in [5.74, 6) is 0.693. The minimum absolute atomic E-state index is 0.0532. The van der Waals surface area contributed by atoms with E-state index in [0.29, 0.717) is 16.7 Å². The molecule has 0 aliphatic rings. The summed E-state index contributed by atoms with van der Waals surface area (Å²) in [6.07, 6.45) is 0. The number of hydrogen-bond donors (Lipinski definition) is 1. The molecule has 0 atom stereocenters. The van der Waals surface area contributed by atoms with Crippen molar-refractivity contribution in [1.82, 2.24) is 15.5 Å². The van der Waals surface area contributed by atoms with Crippen LogP contribution < -0.4 is 5.32 Å². The first kappa shape index (κ1) is 13.5. The lowest BCUT2D eigenvalue weighted by Crippen LogP contribution is -2.27. The number of rotatable bonds is 4. The summed E-state index contributed by atoms with van der Waals surface area (Å²) in [5, 5.41) is 7.18. The van der Waals surface area contributed by atoms with E-state index in [2.05, 4.69) is 15.5 Å². The highest BCUT2D eigenvalue weighted by molar-refractivity contribution is 6.30. The van der Waals surface area contributed by atoms with Crippen LogP contribution in [0.4, 0.5) is 0 Å². The molecular weight excluding hydrogens is 266 g/mol. The third-order valence-corrected chi connectivity index (χ3v) is 2.72. The lowest BCUT2D eigenvalue weighted by atomic mass is 10.2. The molecule has 1 heterocycles. The van der Waals surface area contributed by atoms with Crippen molar-refractivity contribution in [3.8, 4) is 11.4 Å². The number of carbonyl (C=O) groups is 1. The van der Waals surface area contributed by atoms with E-state index in [1.807, 2.05) is 26.0 Å². The second-order valence-electron chi connectivity index (χ2n) is 4.39. The van der Waals surface area contributed by atoms with E-state index in [0.717, 1.165) is 5.56 Å². The standard InChI is InChI=1S/C13H14ClN3O2/c1-8(2)13(18)15-7-11-16-12(17-19-11)9-4-3-5-10(14)6-9/h3-6,8H,7H2,1-2H3,(H,15,18). The maximum absolute atomic E-state index is 11.4. The van der Waals surface area contributed by atoms with Crippen LogP contribution >= 0.6 is 11.6 Å². The molecule has 2 aromatic rings. The highest BCUT2D eigenvalue weighted by Crippen LogP contribution is 2.19. The molecule has 0 saturated carbocycles. The van der Waals surface area contributed by atoms with Crippen molar-refractivity contribution < 1.29 is 9.32 Å². The third kappa shape index (κ3) is 3.54. The predicted octanol–water partition coefficient (Wildman–Crippen LogP) is 2.66. The van der Waals surface area contributed by atoms with Gasteiger partial charge in [-0.05, 0) is 12.1 Å². The fraction of sp³-hybridized carbons (Fsp3) is 0.308. The predicted molar refractivity (Wildman–Crippen MR) is 71.4 cm³/mol. The Bertz CT molecular complexity index is 581. The van der Waals surface area contributed by atoms with Crippen molar-refractivity contribution in [1.29, 1.82) is 0 Å². The average Bonchev–Trinajstić information content (AvgIpc) is 2.84. The SMILES string of the molecule is CC(C)C(=O)NCc1nc(-c2cccc(Cl)c2)no1. The molecule has 1 amide bonds. The molecule has 2 rings (SSSR count). The number of nitrogens with zero attached hydrogens (tertiary/aromatic N) is 2. The molecule has 1 N–H and O–H groups in total. The Hall–Kier alpha value is -1.88. The van der Waals surface area contributed by atoms with Crippen molar-refractivity contribution in [2.45, 2.75) is 20.4 Å². The van der Waals surface area contributed by atoms with Crippen molar-refractivity contribution >= 4 is 17.5 Å². The first-order chi connectivity index (χ1) is 9.06. The molecule has 100 valence electrons. The van der Waals surface area contributed by atoms with E-state index in [4.69, 9.17) is 16.1 Å². The number of aromatic nitrogens is 2. The van der Waals surface area contributed by atoms with E-state index >= 15 is 0 Å². The molecule has 19 heavy (non-hydrogen) atoms. The van der Waals surface area contributed by atoms with Crippen molar-refractivity contribution in [2.24, 2.45) is 5.92 Å². The maximum atomic E-state index is 11.4. The van der Waals surface area contributed by atoms with Gasteiger partial charge in [-0.15, -0.1) is 0 Å². The van der Waals surface area contributed by atoms with E-state index in [1.165, 1.54) is 0 Å². The maximum Gasteiger partial charge on any atom is 0.246 e. The van der Waals surface area contributed by atoms with Gasteiger partial charge in [0.2, 0.25) is 17.6 Å². The van der Waals surface area contributed by atoms with Crippen molar-refractivity contribution in [2.75, 3.05) is 0 Å². The summed E-state index contributed by atoms with van der Waals surface area (Å²) >= 11 is 5.90. The highest BCUT2D eigenvalue weighted by Gasteiger charge is 2.11. The van der Waals surface area contributed by atoms with Gasteiger partial charge >= 0.3 is 0 Å². The van der Waals surface area contributed by atoms with Gasteiger partial charge < -0.3 is 9.84 Å². The Labute approximate surface area is 116 Å². The monoisotopic (exact) mass is 279 g/mol. The van der Waals surface area contributed by atoms with Crippen LogP contribution in [-0.2, 0) is 11.3 Å². The number of carbonyl (C=O) groups excluding carboxylic acids is 1. The fourth-order valence-electron chi connectivity index (χ4n) is 1.44. The highest BCUT2D eigenvalue weighted by atomic mass is 35.5. The van der Waals surface area contributed by atoms with Crippen molar-refractivity contribution in [3.63, 3.8) is 0 Å². The molecule has 0 aliphatic heterocycles. The van der Waals surface area contributed by atoms with Crippen LogP contribution in [0.25, 0.3) is 11.4 Å². The fourth-order valence-corrected chi connectivity index (χ4v) is 1.63. The number of halogens is 1. The summed E-state index contributed by atoms with van der Waals surface area (Å²) in [6.45, 7) is 3.87.